The first kappa shape index (κ1) is 20.2. The van der Waals surface area contributed by atoms with Crippen LogP contribution in [0.2, 0.25) is 0 Å². The van der Waals surface area contributed by atoms with Crippen LogP contribution in [0, 0.1) is 17.8 Å². The van der Waals surface area contributed by atoms with Crippen molar-refractivity contribution in [3.63, 3.8) is 0 Å². The number of benzene rings is 2. The molecule has 2 heterocycles. The van der Waals surface area contributed by atoms with Gasteiger partial charge in [-0.3, -0.25) is 4.79 Å². The van der Waals surface area contributed by atoms with Crippen LogP contribution in [0.25, 0.3) is 27.8 Å². The Hall–Kier alpha value is -3.41. The van der Waals surface area contributed by atoms with E-state index >= 15 is 0 Å². The van der Waals surface area contributed by atoms with Crippen molar-refractivity contribution in [1.29, 1.82) is 0 Å². The summed E-state index contributed by atoms with van der Waals surface area (Å²) in [4.78, 5) is 24.4. The first-order valence-corrected chi connectivity index (χ1v) is 11.9. The Morgan fingerprint density at radius 3 is 2.61 bits per heavy atom. The number of ketones is 1. The predicted octanol–water partition coefficient (Wildman–Crippen LogP) is 5.30. The molecule has 6 rings (SSSR count). The third-order valence-electron chi connectivity index (χ3n) is 7.29. The van der Waals surface area contributed by atoms with Gasteiger partial charge in [0.1, 0.15) is 17.2 Å². The number of aromatic nitrogens is 3. The van der Waals surface area contributed by atoms with Gasteiger partial charge in [0.2, 0.25) is 0 Å². The molecule has 4 aromatic rings. The first-order chi connectivity index (χ1) is 16.1. The van der Waals surface area contributed by atoms with Gasteiger partial charge in [-0.1, -0.05) is 18.2 Å². The highest BCUT2D eigenvalue weighted by Crippen LogP contribution is 2.40. The lowest BCUT2D eigenvalue weighted by Crippen LogP contribution is -2.28. The molecule has 2 aliphatic rings. The summed E-state index contributed by atoms with van der Waals surface area (Å²) in [5, 5.41) is 8.01. The van der Waals surface area contributed by atoms with E-state index in [1.165, 1.54) is 0 Å². The van der Waals surface area contributed by atoms with Crippen molar-refractivity contribution in [3.8, 4) is 16.8 Å². The number of Topliss-reactive ketones (excluding diaryl/α,β-unsaturated/α-hetero) is 1. The minimum absolute atomic E-state index is 0.205. The van der Waals surface area contributed by atoms with E-state index in [1.54, 1.807) is 10.8 Å². The summed E-state index contributed by atoms with van der Waals surface area (Å²) in [5.41, 5.74) is 3.68. The normalized spacial score (nSPS) is 20.1. The highest BCUT2D eigenvalue weighted by molar-refractivity contribution is 5.84. The van der Waals surface area contributed by atoms with Crippen LogP contribution in [0.4, 0.5) is 0 Å². The molecule has 2 fully saturated rings. The second-order valence-corrected chi connectivity index (χ2v) is 9.69. The van der Waals surface area contributed by atoms with E-state index in [9.17, 15) is 9.59 Å². The lowest BCUT2D eigenvalue weighted by molar-refractivity contribution is -0.120. The van der Waals surface area contributed by atoms with Gasteiger partial charge in [0.05, 0.1) is 12.0 Å². The molecule has 2 aliphatic carbocycles. The highest BCUT2D eigenvalue weighted by atomic mass is 16.3. The van der Waals surface area contributed by atoms with Gasteiger partial charge in [0.25, 0.3) is 0 Å². The maximum Gasteiger partial charge on any atom is 0.347 e. The maximum atomic E-state index is 12.5. The fraction of sp³-hybridized carbons (Fsp3) is 0.370. The summed E-state index contributed by atoms with van der Waals surface area (Å²) in [5.74, 6) is 2.79. The van der Waals surface area contributed by atoms with E-state index in [2.05, 4.69) is 16.3 Å². The summed E-state index contributed by atoms with van der Waals surface area (Å²) in [6.07, 6.45) is 8.68. The zero-order chi connectivity index (χ0) is 22.4. The third kappa shape index (κ3) is 4.06. The van der Waals surface area contributed by atoms with Crippen molar-refractivity contribution in [2.45, 2.75) is 44.9 Å². The smallest absolute Gasteiger partial charge is 0.347 e. The predicted molar refractivity (Wildman–Crippen MR) is 126 cm³/mol. The maximum absolute atomic E-state index is 12.5. The van der Waals surface area contributed by atoms with Crippen LogP contribution in [0.1, 0.15) is 44.3 Å². The highest BCUT2D eigenvalue weighted by Gasteiger charge is 2.33. The lowest BCUT2D eigenvalue weighted by Gasteiger charge is -2.35. The van der Waals surface area contributed by atoms with Crippen LogP contribution >= 0.6 is 0 Å². The van der Waals surface area contributed by atoms with Crippen molar-refractivity contribution < 1.29 is 9.21 Å². The number of aromatic amines is 1. The van der Waals surface area contributed by atoms with Gasteiger partial charge >= 0.3 is 5.69 Å². The van der Waals surface area contributed by atoms with E-state index < -0.39 is 0 Å². The second-order valence-electron chi connectivity index (χ2n) is 9.69. The molecule has 0 bridgehead atoms. The molecular formula is C27H27N3O3. The molecule has 0 amide bonds. The summed E-state index contributed by atoms with van der Waals surface area (Å²) in [7, 11) is 0. The van der Waals surface area contributed by atoms with Crippen molar-refractivity contribution in [1.82, 2.24) is 14.8 Å². The van der Waals surface area contributed by atoms with E-state index in [4.69, 9.17) is 4.42 Å². The SMILES string of the molecule is O=C(CCC1CC(Cc2n[nH]c(=O)n2-c2ccc(-c3ccc4occc4c3)cc2)C1)C1CC1. The fourth-order valence-electron chi connectivity index (χ4n) is 5.17. The molecule has 6 heteroatoms. The van der Waals surface area contributed by atoms with Gasteiger partial charge in [-0.15, -0.1) is 0 Å². The van der Waals surface area contributed by atoms with Crippen molar-refractivity contribution in [2.24, 2.45) is 17.8 Å². The summed E-state index contributed by atoms with van der Waals surface area (Å²) in [6, 6.07) is 16.1. The average Bonchev–Trinajstić information content (AvgIpc) is 3.45. The summed E-state index contributed by atoms with van der Waals surface area (Å²) >= 11 is 0. The standard InChI is InChI=1S/C27H27N3O3/c31-24(20-2-3-20)9-1-17-13-18(14-17)15-26-28-29-27(32)30(26)23-7-4-19(5-8-23)21-6-10-25-22(16-21)11-12-33-25/h4-8,10-12,16-18,20H,1-3,9,13-15H2,(H,29,32). The first-order valence-electron chi connectivity index (χ1n) is 11.9. The fourth-order valence-corrected chi connectivity index (χ4v) is 5.17. The van der Waals surface area contributed by atoms with Crippen LogP contribution in [0.3, 0.4) is 0 Å². The molecule has 0 radical (unpaired) electrons. The van der Waals surface area contributed by atoms with Crippen LogP contribution in [-0.4, -0.2) is 20.5 Å². The molecule has 0 aliphatic heterocycles. The number of H-pyrrole nitrogens is 1. The van der Waals surface area contributed by atoms with E-state index in [-0.39, 0.29) is 5.69 Å². The van der Waals surface area contributed by atoms with Gasteiger partial charge in [-0.25, -0.2) is 14.5 Å². The Kier molecular flexibility index (Phi) is 5.01. The Bertz CT molecular complexity index is 1350. The van der Waals surface area contributed by atoms with Crippen molar-refractivity contribution in [3.05, 3.63) is 71.1 Å². The number of fused-ring (bicyclic) bond motifs is 1. The molecule has 2 aromatic heterocycles. The lowest BCUT2D eigenvalue weighted by atomic mass is 9.71. The molecule has 6 nitrogen and oxygen atoms in total. The van der Waals surface area contributed by atoms with Crippen LogP contribution in [-0.2, 0) is 11.2 Å². The monoisotopic (exact) mass is 441 g/mol. The number of hydrogen-bond acceptors (Lipinski definition) is 4. The Morgan fingerprint density at radius 1 is 1.03 bits per heavy atom. The largest absolute Gasteiger partial charge is 0.464 e. The summed E-state index contributed by atoms with van der Waals surface area (Å²) < 4.78 is 7.12. The quantitative estimate of drug-likeness (QED) is 0.402. The number of carbonyl (C=O) groups is 1. The van der Waals surface area contributed by atoms with E-state index in [0.29, 0.717) is 23.5 Å². The summed E-state index contributed by atoms with van der Waals surface area (Å²) in [6.45, 7) is 0. The Labute approximate surface area is 191 Å². The van der Waals surface area contributed by atoms with Gasteiger partial charge in [0.15, 0.2) is 0 Å². The molecule has 0 atom stereocenters. The third-order valence-corrected chi connectivity index (χ3v) is 7.29. The van der Waals surface area contributed by atoms with Gasteiger partial charge in [-0.05, 0) is 85.4 Å². The minimum Gasteiger partial charge on any atom is -0.464 e. The molecule has 2 saturated carbocycles. The second kappa shape index (κ2) is 8.18. The molecule has 168 valence electrons. The molecule has 33 heavy (non-hydrogen) atoms. The van der Waals surface area contributed by atoms with Crippen molar-refractivity contribution >= 4 is 16.8 Å². The van der Waals surface area contributed by atoms with Gasteiger partial charge in [-0.2, -0.15) is 5.10 Å². The number of carbonyl (C=O) groups excluding carboxylic acids is 1. The molecule has 0 unspecified atom stereocenters. The Balaban J connectivity index is 1.12. The number of rotatable bonds is 8. The van der Waals surface area contributed by atoms with E-state index in [0.717, 1.165) is 78.6 Å². The zero-order valence-corrected chi connectivity index (χ0v) is 18.5. The van der Waals surface area contributed by atoms with Gasteiger partial charge < -0.3 is 4.42 Å². The molecule has 1 N–H and O–H groups in total. The number of furan rings is 1. The number of nitrogens with zero attached hydrogens (tertiary/aromatic N) is 2. The number of nitrogens with one attached hydrogen (secondary N) is 1. The zero-order valence-electron chi connectivity index (χ0n) is 18.5. The topological polar surface area (TPSA) is 80.9 Å². The molecule has 0 spiro atoms. The number of hydrogen-bond donors (Lipinski definition) is 1. The van der Waals surface area contributed by atoms with Crippen LogP contribution in [0.15, 0.2) is 64.0 Å². The molecule has 2 aromatic carbocycles. The Morgan fingerprint density at radius 2 is 1.82 bits per heavy atom. The van der Waals surface area contributed by atoms with E-state index in [1.807, 2.05) is 42.5 Å². The van der Waals surface area contributed by atoms with Gasteiger partial charge in [0, 0.05) is 24.1 Å². The average molecular weight is 442 g/mol. The molecular weight excluding hydrogens is 414 g/mol. The van der Waals surface area contributed by atoms with Crippen LogP contribution < -0.4 is 5.69 Å². The molecule has 0 saturated heterocycles. The van der Waals surface area contributed by atoms with Crippen molar-refractivity contribution in [2.75, 3.05) is 0 Å². The minimum atomic E-state index is -0.205. The van der Waals surface area contributed by atoms with Crippen LogP contribution in [0.5, 0.6) is 0 Å².